The fourth-order valence-corrected chi connectivity index (χ4v) is 4.33. The minimum atomic E-state index is -0.144. The molecule has 0 saturated carbocycles. The van der Waals surface area contributed by atoms with E-state index in [-0.39, 0.29) is 11.7 Å². The van der Waals surface area contributed by atoms with E-state index in [2.05, 4.69) is 43.3 Å². The summed E-state index contributed by atoms with van der Waals surface area (Å²) >= 11 is 0. The van der Waals surface area contributed by atoms with Crippen LogP contribution in [0.4, 0.5) is 0 Å². The van der Waals surface area contributed by atoms with E-state index < -0.39 is 0 Å². The molecule has 1 aliphatic rings. The molecule has 0 amide bonds. The third kappa shape index (κ3) is 4.06. The van der Waals surface area contributed by atoms with Gasteiger partial charge in [0.2, 0.25) is 0 Å². The van der Waals surface area contributed by atoms with Gasteiger partial charge in [0.15, 0.2) is 5.78 Å². The van der Waals surface area contributed by atoms with E-state index >= 15 is 0 Å². The average Bonchev–Trinajstić information content (AvgIpc) is 3.13. The molecule has 33 heavy (non-hydrogen) atoms. The highest BCUT2D eigenvalue weighted by atomic mass is 16.5. The normalized spacial score (nSPS) is 16.0. The lowest BCUT2D eigenvalue weighted by atomic mass is 9.89. The number of hydrogen-bond acceptors (Lipinski definition) is 3. The van der Waals surface area contributed by atoms with Crippen molar-refractivity contribution in [3.8, 4) is 17.2 Å². The summed E-state index contributed by atoms with van der Waals surface area (Å²) in [4.78, 5) is 13.8. The molecule has 0 bridgehead atoms. The zero-order chi connectivity index (χ0) is 22.8. The second-order valence-corrected chi connectivity index (χ2v) is 8.18. The van der Waals surface area contributed by atoms with Crippen LogP contribution in [0.25, 0.3) is 6.08 Å². The van der Waals surface area contributed by atoms with Gasteiger partial charge >= 0.3 is 0 Å². The van der Waals surface area contributed by atoms with Crippen LogP contribution < -0.4 is 9.47 Å². The minimum absolute atomic E-state index is 0.00328. The smallest absolute Gasteiger partial charge is 0.194 e. The highest BCUT2D eigenvalue weighted by molar-refractivity contribution is 6.19. The number of benzene rings is 4. The van der Waals surface area contributed by atoms with E-state index in [4.69, 9.17) is 9.47 Å². The van der Waals surface area contributed by atoms with Crippen molar-refractivity contribution in [1.29, 1.82) is 0 Å². The lowest BCUT2D eigenvalue weighted by Crippen LogP contribution is -2.02. The Balaban J connectivity index is 1.61. The van der Waals surface area contributed by atoms with E-state index in [1.165, 1.54) is 5.56 Å². The molecule has 0 heterocycles. The summed E-state index contributed by atoms with van der Waals surface area (Å²) in [5.41, 5.74) is 5.63. The molecule has 5 rings (SSSR count). The van der Waals surface area contributed by atoms with Crippen LogP contribution in [-0.2, 0) is 0 Å². The van der Waals surface area contributed by atoms with Gasteiger partial charge in [0.05, 0.1) is 12.7 Å². The first-order valence-corrected chi connectivity index (χ1v) is 11.0. The fraction of sp³-hybridized carbons (Fsp3) is 0.100. The largest absolute Gasteiger partial charge is 0.497 e. The van der Waals surface area contributed by atoms with Gasteiger partial charge in [-0.1, -0.05) is 72.3 Å². The van der Waals surface area contributed by atoms with Crippen molar-refractivity contribution in [3.05, 3.63) is 130 Å². The number of methoxy groups -OCH3 is 1. The van der Waals surface area contributed by atoms with Crippen LogP contribution >= 0.6 is 0 Å². The van der Waals surface area contributed by atoms with Gasteiger partial charge in [-0.05, 0) is 60.0 Å². The summed E-state index contributed by atoms with van der Waals surface area (Å²) in [7, 11) is 1.63. The molecule has 4 aromatic rings. The fourth-order valence-electron chi connectivity index (χ4n) is 4.33. The van der Waals surface area contributed by atoms with Crippen molar-refractivity contribution < 1.29 is 14.3 Å². The summed E-state index contributed by atoms with van der Waals surface area (Å²) in [6.45, 7) is 2.06. The molecule has 0 fully saturated rings. The number of allylic oxidation sites excluding steroid dienone is 1. The van der Waals surface area contributed by atoms with Crippen LogP contribution in [-0.4, -0.2) is 12.9 Å². The molecule has 0 radical (unpaired) electrons. The van der Waals surface area contributed by atoms with E-state index in [1.807, 2.05) is 66.7 Å². The Kier molecular flexibility index (Phi) is 5.54. The number of ketones is 1. The van der Waals surface area contributed by atoms with E-state index in [9.17, 15) is 4.79 Å². The molecule has 0 N–H and O–H groups in total. The first-order valence-electron chi connectivity index (χ1n) is 11.0. The maximum atomic E-state index is 13.8. The summed E-state index contributed by atoms with van der Waals surface area (Å²) in [5.74, 6) is 1.84. The number of Topliss-reactive ketones (excluding diaryl/α,β-unsaturated/α-hetero) is 1. The standard InChI is InChI=1S/C30H24O3/c1-20-11-13-21(14-12-20)19-26-28(22-7-4-3-5-8-22)25-9-6-10-27(29(25)30(26)31)33-24-17-15-23(32-2)16-18-24/h3-19,28H,1-2H3/b26-19-. The molecule has 3 nitrogen and oxygen atoms in total. The quantitative estimate of drug-likeness (QED) is 0.313. The number of ether oxygens (including phenoxy) is 2. The van der Waals surface area contributed by atoms with E-state index in [0.29, 0.717) is 17.1 Å². The molecule has 0 aromatic heterocycles. The second-order valence-electron chi connectivity index (χ2n) is 8.18. The molecule has 3 heteroatoms. The molecule has 4 aromatic carbocycles. The Morgan fingerprint density at radius 1 is 0.758 bits per heavy atom. The second kappa shape index (κ2) is 8.79. The molecule has 1 unspecified atom stereocenters. The first kappa shape index (κ1) is 20.8. The number of hydrogen-bond donors (Lipinski definition) is 0. The Bertz CT molecular complexity index is 1320. The summed E-state index contributed by atoms with van der Waals surface area (Å²) in [6.07, 6.45) is 2.01. The van der Waals surface area contributed by atoms with Crippen LogP contribution in [0.2, 0.25) is 0 Å². The molecule has 1 atom stereocenters. The summed E-state index contributed by atoms with van der Waals surface area (Å²) in [5, 5.41) is 0. The first-order chi connectivity index (χ1) is 16.1. The highest BCUT2D eigenvalue weighted by Crippen LogP contribution is 2.46. The minimum Gasteiger partial charge on any atom is -0.497 e. The van der Waals surface area contributed by atoms with Crippen LogP contribution in [0.1, 0.15) is 38.5 Å². The molecule has 0 saturated heterocycles. The van der Waals surface area contributed by atoms with Crippen LogP contribution in [0.15, 0.2) is 103 Å². The van der Waals surface area contributed by atoms with Gasteiger partial charge in [0, 0.05) is 11.5 Å². The van der Waals surface area contributed by atoms with Crippen LogP contribution in [0.5, 0.6) is 17.2 Å². The monoisotopic (exact) mass is 432 g/mol. The summed E-state index contributed by atoms with van der Waals surface area (Å²) < 4.78 is 11.4. The number of carbonyl (C=O) groups excluding carboxylic acids is 1. The van der Waals surface area contributed by atoms with Crippen LogP contribution in [0.3, 0.4) is 0 Å². The number of carbonyl (C=O) groups is 1. The van der Waals surface area contributed by atoms with Gasteiger partial charge in [0.25, 0.3) is 0 Å². The predicted octanol–water partition coefficient (Wildman–Crippen LogP) is 7.21. The number of rotatable bonds is 5. The predicted molar refractivity (Wildman–Crippen MR) is 131 cm³/mol. The molecule has 162 valence electrons. The van der Waals surface area contributed by atoms with Crippen molar-refractivity contribution >= 4 is 11.9 Å². The molecule has 1 aliphatic carbocycles. The Morgan fingerprint density at radius 3 is 2.15 bits per heavy atom. The van der Waals surface area contributed by atoms with Crippen molar-refractivity contribution in [1.82, 2.24) is 0 Å². The molecular weight excluding hydrogens is 408 g/mol. The summed E-state index contributed by atoms with van der Waals surface area (Å²) in [6, 6.07) is 31.6. The molecule has 0 aliphatic heterocycles. The maximum absolute atomic E-state index is 13.8. The van der Waals surface area contributed by atoms with Crippen LogP contribution in [0, 0.1) is 6.92 Å². The third-order valence-corrected chi connectivity index (χ3v) is 5.99. The molecular formula is C30H24O3. The topological polar surface area (TPSA) is 35.5 Å². The van der Waals surface area contributed by atoms with E-state index in [1.54, 1.807) is 7.11 Å². The third-order valence-electron chi connectivity index (χ3n) is 5.99. The highest BCUT2D eigenvalue weighted by Gasteiger charge is 2.38. The van der Waals surface area contributed by atoms with Crippen molar-refractivity contribution in [2.24, 2.45) is 0 Å². The lowest BCUT2D eigenvalue weighted by molar-refractivity contribution is 0.103. The lowest BCUT2D eigenvalue weighted by Gasteiger charge is -2.14. The SMILES string of the molecule is COc1ccc(Oc2cccc3c2C(=O)/C(=C\c2ccc(C)cc2)C3c2ccccc2)cc1. The number of aryl methyl sites for hydroxylation is 1. The zero-order valence-corrected chi connectivity index (χ0v) is 18.6. The van der Waals surface area contributed by atoms with Gasteiger partial charge in [-0.25, -0.2) is 0 Å². The Hall–Kier alpha value is -4.11. The Labute approximate surface area is 193 Å². The average molecular weight is 433 g/mol. The zero-order valence-electron chi connectivity index (χ0n) is 18.6. The van der Waals surface area contributed by atoms with Gasteiger partial charge < -0.3 is 9.47 Å². The van der Waals surface area contributed by atoms with Gasteiger partial charge in [-0.15, -0.1) is 0 Å². The van der Waals surface area contributed by atoms with Crippen molar-refractivity contribution in [2.75, 3.05) is 7.11 Å². The van der Waals surface area contributed by atoms with Crippen molar-refractivity contribution in [3.63, 3.8) is 0 Å². The van der Waals surface area contributed by atoms with Gasteiger partial charge in [-0.3, -0.25) is 4.79 Å². The molecule has 0 spiro atoms. The maximum Gasteiger partial charge on any atom is 0.194 e. The van der Waals surface area contributed by atoms with Gasteiger partial charge in [-0.2, -0.15) is 0 Å². The van der Waals surface area contributed by atoms with Gasteiger partial charge in [0.1, 0.15) is 17.2 Å². The number of fused-ring (bicyclic) bond motifs is 1. The van der Waals surface area contributed by atoms with E-state index in [0.717, 1.165) is 28.0 Å². The Morgan fingerprint density at radius 2 is 1.45 bits per heavy atom. The van der Waals surface area contributed by atoms with Crippen molar-refractivity contribution in [2.45, 2.75) is 12.8 Å².